The van der Waals surface area contributed by atoms with Crippen molar-refractivity contribution in [3.05, 3.63) is 58.1 Å². The Balaban J connectivity index is 2.32. The first-order valence-electron chi connectivity index (χ1n) is 4.44. The number of hydrogen-bond acceptors (Lipinski definition) is 3. The topological polar surface area (TPSA) is 42.9 Å². The van der Waals surface area contributed by atoms with Crippen molar-refractivity contribution in [3.63, 3.8) is 0 Å². The van der Waals surface area contributed by atoms with Gasteiger partial charge in [-0.1, -0.05) is 23.2 Å². The van der Waals surface area contributed by atoms with Crippen molar-refractivity contribution in [3.8, 4) is 0 Å². The highest BCUT2D eigenvalue weighted by Gasteiger charge is 2.09. The zero-order valence-corrected chi connectivity index (χ0v) is 9.53. The average Bonchev–Trinajstić information content (AvgIpc) is 2.30. The Morgan fingerprint density at radius 2 is 1.31 bits per heavy atom. The Kier molecular flexibility index (Phi) is 3.17. The van der Waals surface area contributed by atoms with E-state index < -0.39 is 0 Å². The van der Waals surface area contributed by atoms with Crippen LogP contribution in [0, 0.1) is 0 Å². The van der Waals surface area contributed by atoms with Crippen LogP contribution in [0.1, 0.15) is 15.9 Å². The Morgan fingerprint density at radius 1 is 0.875 bits per heavy atom. The van der Waals surface area contributed by atoms with Crippen molar-refractivity contribution in [2.75, 3.05) is 0 Å². The third kappa shape index (κ3) is 2.38. The molecule has 0 radical (unpaired) electrons. The minimum atomic E-state index is -0.159. The van der Waals surface area contributed by atoms with Gasteiger partial charge in [-0.3, -0.25) is 4.79 Å². The lowest BCUT2D eigenvalue weighted by molar-refractivity contribution is 0.103. The lowest BCUT2D eigenvalue weighted by Crippen LogP contribution is -2.02. The highest BCUT2D eigenvalue weighted by Crippen LogP contribution is 2.12. The van der Waals surface area contributed by atoms with Gasteiger partial charge >= 0.3 is 0 Å². The van der Waals surface area contributed by atoms with Crippen molar-refractivity contribution in [2.24, 2.45) is 0 Å². The third-order valence-corrected chi connectivity index (χ3v) is 2.43. The van der Waals surface area contributed by atoms with E-state index in [4.69, 9.17) is 23.2 Å². The summed E-state index contributed by atoms with van der Waals surface area (Å²) in [5.41, 5.74) is 0.932. The van der Waals surface area contributed by atoms with Crippen molar-refractivity contribution in [1.82, 2.24) is 9.97 Å². The van der Waals surface area contributed by atoms with Gasteiger partial charge in [-0.05, 0) is 24.3 Å². The van der Waals surface area contributed by atoms with Gasteiger partial charge in [0.25, 0.3) is 0 Å². The number of carbonyl (C=O) groups excluding carboxylic acids is 1. The van der Waals surface area contributed by atoms with E-state index >= 15 is 0 Å². The molecule has 3 nitrogen and oxygen atoms in total. The standard InChI is InChI=1S/C11H6Cl2N2O/c12-9-3-1-7(5-14-9)11(16)8-2-4-10(13)15-6-8/h1-6H. The Hall–Kier alpha value is -1.45. The molecule has 0 bridgehead atoms. The summed E-state index contributed by atoms with van der Waals surface area (Å²) < 4.78 is 0. The number of carbonyl (C=O) groups is 1. The zero-order chi connectivity index (χ0) is 11.5. The molecule has 0 amide bonds. The monoisotopic (exact) mass is 252 g/mol. The van der Waals surface area contributed by atoms with Crippen LogP contribution in [0.2, 0.25) is 10.3 Å². The molecule has 2 aromatic heterocycles. The van der Waals surface area contributed by atoms with Crippen LogP contribution in [0.15, 0.2) is 36.7 Å². The van der Waals surface area contributed by atoms with Crippen LogP contribution in [-0.4, -0.2) is 15.8 Å². The summed E-state index contributed by atoms with van der Waals surface area (Å²) in [6.45, 7) is 0. The molecule has 0 aliphatic rings. The molecule has 0 aliphatic heterocycles. The summed E-state index contributed by atoms with van der Waals surface area (Å²) in [6.07, 6.45) is 2.86. The molecule has 2 rings (SSSR count). The Labute approximate surface area is 102 Å². The first kappa shape index (κ1) is 11.0. The maximum Gasteiger partial charge on any atom is 0.196 e. The van der Waals surface area contributed by atoms with Crippen LogP contribution in [0.25, 0.3) is 0 Å². The molecular formula is C11H6Cl2N2O. The Bertz CT molecular complexity index is 461. The molecule has 80 valence electrons. The summed E-state index contributed by atoms with van der Waals surface area (Å²) in [4.78, 5) is 19.6. The number of halogens is 2. The van der Waals surface area contributed by atoms with Crippen LogP contribution in [-0.2, 0) is 0 Å². The van der Waals surface area contributed by atoms with Gasteiger partial charge in [0.1, 0.15) is 10.3 Å². The summed E-state index contributed by atoms with van der Waals surface area (Å²) >= 11 is 11.3. The highest BCUT2D eigenvalue weighted by molar-refractivity contribution is 6.29. The minimum absolute atomic E-state index is 0.159. The van der Waals surface area contributed by atoms with Crippen molar-refractivity contribution < 1.29 is 4.79 Å². The number of aromatic nitrogens is 2. The summed E-state index contributed by atoms with van der Waals surface area (Å²) in [7, 11) is 0. The van der Waals surface area contributed by atoms with Gasteiger partial charge in [0, 0.05) is 23.5 Å². The molecule has 0 N–H and O–H groups in total. The van der Waals surface area contributed by atoms with E-state index in [1.807, 2.05) is 0 Å². The van der Waals surface area contributed by atoms with Gasteiger partial charge in [-0.25, -0.2) is 9.97 Å². The molecule has 0 aromatic carbocycles. The van der Waals surface area contributed by atoms with Crippen LogP contribution in [0.4, 0.5) is 0 Å². The molecule has 0 spiro atoms. The van der Waals surface area contributed by atoms with Gasteiger partial charge in [0.15, 0.2) is 5.78 Å². The first-order valence-corrected chi connectivity index (χ1v) is 5.20. The predicted molar refractivity (Wildman–Crippen MR) is 61.9 cm³/mol. The molecule has 2 heterocycles. The van der Waals surface area contributed by atoms with Crippen molar-refractivity contribution >= 4 is 29.0 Å². The average molecular weight is 253 g/mol. The van der Waals surface area contributed by atoms with E-state index in [1.165, 1.54) is 12.4 Å². The van der Waals surface area contributed by atoms with E-state index in [2.05, 4.69) is 9.97 Å². The molecule has 0 fully saturated rings. The van der Waals surface area contributed by atoms with Crippen LogP contribution >= 0.6 is 23.2 Å². The van der Waals surface area contributed by atoms with E-state index in [1.54, 1.807) is 24.3 Å². The predicted octanol–water partition coefficient (Wildman–Crippen LogP) is 3.01. The lowest BCUT2D eigenvalue weighted by atomic mass is 10.1. The summed E-state index contributed by atoms with van der Waals surface area (Å²) in [6, 6.07) is 6.37. The van der Waals surface area contributed by atoms with Crippen LogP contribution in [0.5, 0.6) is 0 Å². The highest BCUT2D eigenvalue weighted by atomic mass is 35.5. The number of ketones is 1. The molecule has 16 heavy (non-hydrogen) atoms. The molecule has 0 saturated heterocycles. The van der Waals surface area contributed by atoms with Crippen molar-refractivity contribution in [1.29, 1.82) is 0 Å². The fraction of sp³-hybridized carbons (Fsp3) is 0. The normalized spacial score (nSPS) is 10.1. The molecule has 0 unspecified atom stereocenters. The second kappa shape index (κ2) is 4.60. The van der Waals surface area contributed by atoms with Gasteiger partial charge in [0.2, 0.25) is 0 Å². The number of rotatable bonds is 2. The number of pyridine rings is 2. The SMILES string of the molecule is O=C(c1ccc(Cl)nc1)c1ccc(Cl)nc1. The molecule has 0 saturated carbocycles. The van der Waals surface area contributed by atoms with E-state index in [0.717, 1.165) is 0 Å². The van der Waals surface area contributed by atoms with E-state index in [9.17, 15) is 4.79 Å². The fourth-order valence-corrected chi connectivity index (χ4v) is 1.41. The summed E-state index contributed by atoms with van der Waals surface area (Å²) in [5.74, 6) is -0.159. The molecule has 2 aromatic rings. The van der Waals surface area contributed by atoms with Crippen LogP contribution < -0.4 is 0 Å². The summed E-state index contributed by atoms with van der Waals surface area (Å²) in [5, 5.41) is 0.705. The number of hydrogen-bond donors (Lipinski definition) is 0. The van der Waals surface area contributed by atoms with Gasteiger partial charge in [-0.15, -0.1) is 0 Å². The largest absolute Gasteiger partial charge is 0.288 e. The smallest absolute Gasteiger partial charge is 0.196 e. The van der Waals surface area contributed by atoms with Crippen molar-refractivity contribution in [2.45, 2.75) is 0 Å². The second-order valence-electron chi connectivity index (χ2n) is 3.07. The number of nitrogens with zero attached hydrogens (tertiary/aromatic N) is 2. The maximum absolute atomic E-state index is 11.9. The minimum Gasteiger partial charge on any atom is -0.288 e. The second-order valence-corrected chi connectivity index (χ2v) is 3.84. The first-order chi connectivity index (χ1) is 7.66. The molecular weight excluding hydrogens is 247 g/mol. The third-order valence-electron chi connectivity index (χ3n) is 1.98. The zero-order valence-electron chi connectivity index (χ0n) is 8.02. The van der Waals surface area contributed by atoms with E-state index in [0.29, 0.717) is 21.4 Å². The van der Waals surface area contributed by atoms with Gasteiger partial charge in [-0.2, -0.15) is 0 Å². The molecule has 0 atom stereocenters. The maximum atomic E-state index is 11.9. The van der Waals surface area contributed by atoms with E-state index in [-0.39, 0.29) is 5.78 Å². The quantitative estimate of drug-likeness (QED) is 0.610. The van der Waals surface area contributed by atoms with Crippen LogP contribution in [0.3, 0.4) is 0 Å². The van der Waals surface area contributed by atoms with Gasteiger partial charge < -0.3 is 0 Å². The molecule has 5 heteroatoms. The fourth-order valence-electron chi connectivity index (χ4n) is 1.19. The van der Waals surface area contributed by atoms with Gasteiger partial charge in [0.05, 0.1) is 0 Å². The lowest BCUT2D eigenvalue weighted by Gasteiger charge is -2.00. The Morgan fingerprint density at radius 3 is 1.62 bits per heavy atom. The molecule has 0 aliphatic carbocycles.